The van der Waals surface area contributed by atoms with E-state index in [2.05, 4.69) is 5.32 Å². The Morgan fingerprint density at radius 1 is 0.969 bits per heavy atom. The summed E-state index contributed by atoms with van der Waals surface area (Å²) in [7, 11) is 3.11. The van der Waals surface area contributed by atoms with E-state index in [4.69, 9.17) is 14.5 Å². The maximum Gasteiger partial charge on any atom is 0.292 e. The molecule has 1 amide bonds. The Hall–Kier alpha value is -4.46. The smallest absolute Gasteiger partial charge is 0.292 e. The molecule has 0 saturated heterocycles. The first kappa shape index (κ1) is 20.8. The number of hydrogen-bond donors (Lipinski definition) is 1. The van der Waals surface area contributed by atoms with E-state index in [1.165, 1.54) is 12.1 Å². The molecule has 0 aliphatic heterocycles. The number of para-hydroxylation sites is 3. The minimum atomic E-state index is -0.534. The van der Waals surface area contributed by atoms with Crippen molar-refractivity contribution in [3.8, 4) is 22.8 Å². The number of ether oxygens (including phenoxy) is 2. The first-order chi connectivity index (χ1) is 15.5. The van der Waals surface area contributed by atoms with E-state index >= 15 is 0 Å². The number of nitro benzene ring substituents is 1. The number of anilines is 1. The average Bonchev–Trinajstić information content (AvgIpc) is 2.83. The van der Waals surface area contributed by atoms with Gasteiger partial charge in [-0.3, -0.25) is 14.9 Å². The van der Waals surface area contributed by atoms with Gasteiger partial charge in [-0.15, -0.1) is 0 Å². The van der Waals surface area contributed by atoms with Crippen molar-refractivity contribution in [3.05, 3.63) is 88.5 Å². The normalized spacial score (nSPS) is 10.6. The highest BCUT2D eigenvalue weighted by atomic mass is 16.6. The van der Waals surface area contributed by atoms with Crippen LogP contribution in [0.15, 0.2) is 72.8 Å². The van der Waals surface area contributed by atoms with E-state index in [0.717, 1.165) is 0 Å². The molecular formula is C24H19N3O5. The van der Waals surface area contributed by atoms with Crippen LogP contribution < -0.4 is 14.8 Å². The van der Waals surface area contributed by atoms with Crippen LogP contribution in [0.5, 0.6) is 11.5 Å². The van der Waals surface area contributed by atoms with E-state index in [0.29, 0.717) is 39.2 Å². The number of hydrogen-bond acceptors (Lipinski definition) is 6. The van der Waals surface area contributed by atoms with Gasteiger partial charge in [-0.25, -0.2) is 4.98 Å². The number of carbonyl (C=O) groups is 1. The van der Waals surface area contributed by atoms with Crippen molar-refractivity contribution in [2.75, 3.05) is 19.5 Å². The fourth-order valence-corrected chi connectivity index (χ4v) is 3.44. The second kappa shape index (κ2) is 8.73. The van der Waals surface area contributed by atoms with Crippen LogP contribution in [0.3, 0.4) is 0 Å². The number of amides is 1. The molecule has 0 aliphatic rings. The third kappa shape index (κ3) is 3.93. The van der Waals surface area contributed by atoms with Crippen LogP contribution in [0.2, 0.25) is 0 Å². The third-order valence-corrected chi connectivity index (χ3v) is 4.99. The van der Waals surface area contributed by atoms with Gasteiger partial charge in [-0.1, -0.05) is 30.3 Å². The lowest BCUT2D eigenvalue weighted by Crippen LogP contribution is -2.14. The zero-order chi connectivity index (χ0) is 22.7. The molecule has 1 N–H and O–H groups in total. The molecule has 32 heavy (non-hydrogen) atoms. The standard InChI is InChI=1S/C24H19N3O5/c1-31-15-11-12-17(23(13-15)32-2)21-14-18(16-7-3-4-8-19(16)25-21)24(28)26-20-9-5-6-10-22(20)27(29)30/h3-14H,1-2H3,(H,26,28). The van der Waals surface area contributed by atoms with Gasteiger partial charge in [0, 0.05) is 23.1 Å². The number of rotatable bonds is 6. The number of benzene rings is 3. The fraction of sp³-hybridized carbons (Fsp3) is 0.0833. The van der Waals surface area contributed by atoms with E-state index < -0.39 is 10.8 Å². The first-order valence-corrected chi connectivity index (χ1v) is 9.68. The predicted octanol–water partition coefficient (Wildman–Crippen LogP) is 5.08. The predicted molar refractivity (Wildman–Crippen MR) is 121 cm³/mol. The molecule has 0 radical (unpaired) electrons. The highest BCUT2D eigenvalue weighted by Crippen LogP contribution is 2.34. The summed E-state index contributed by atoms with van der Waals surface area (Å²) in [6.07, 6.45) is 0. The largest absolute Gasteiger partial charge is 0.497 e. The Kier molecular flexibility index (Phi) is 5.67. The Morgan fingerprint density at radius 2 is 1.72 bits per heavy atom. The van der Waals surface area contributed by atoms with Crippen LogP contribution in [0.25, 0.3) is 22.2 Å². The van der Waals surface area contributed by atoms with Gasteiger partial charge in [-0.2, -0.15) is 0 Å². The number of methoxy groups -OCH3 is 2. The number of fused-ring (bicyclic) bond motifs is 1. The summed E-state index contributed by atoms with van der Waals surface area (Å²) in [5.74, 6) is 0.685. The molecule has 8 nitrogen and oxygen atoms in total. The van der Waals surface area contributed by atoms with E-state index in [-0.39, 0.29) is 11.4 Å². The zero-order valence-electron chi connectivity index (χ0n) is 17.4. The van der Waals surface area contributed by atoms with Crippen molar-refractivity contribution in [1.82, 2.24) is 4.98 Å². The maximum absolute atomic E-state index is 13.2. The van der Waals surface area contributed by atoms with E-state index in [9.17, 15) is 14.9 Å². The van der Waals surface area contributed by atoms with Gasteiger partial charge in [0.15, 0.2) is 0 Å². The molecule has 3 aromatic carbocycles. The van der Waals surface area contributed by atoms with Gasteiger partial charge in [0.2, 0.25) is 0 Å². The van der Waals surface area contributed by atoms with E-state index in [1.54, 1.807) is 68.8 Å². The number of pyridine rings is 1. The Bertz CT molecular complexity index is 1340. The second-order valence-electron chi connectivity index (χ2n) is 6.87. The highest BCUT2D eigenvalue weighted by Gasteiger charge is 2.20. The van der Waals surface area contributed by atoms with Crippen molar-refractivity contribution in [2.24, 2.45) is 0 Å². The van der Waals surface area contributed by atoms with Crippen LogP contribution in [-0.4, -0.2) is 30.0 Å². The lowest BCUT2D eigenvalue weighted by Gasteiger charge is -2.13. The topological polar surface area (TPSA) is 104 Å². The Morgan fingerprint density at radius 3 is 2.47 bits per heavy atom. The molecule has 0 bridgehead atoms. The van der Waals surface area contributed by atoms with Crippen LogP contribution >= 0.6 is 0 Å². The average molecular weight is 429 g/mol. The highest BCUT2D eigenvalue weighted by molar-refractivity contribution is 6.13. The molecule has 0 atom stereocenters. The van der Waals surface area contributed by atoms with Crippen LogP contribution in [0.4, 0.5) is 11.4 Å². The summed E-state index contributed by atoms with van der Waals surface area (Å²) >= 11 is 0. The molecule has 1 heterocycles. The molecule has 4 rings (SSSR count). The molecular weight excluding hydrogens is 410 g/mol. The quantitative estimate of drug-likeness (QED) is 0.339. The second-order valence-corrected chi connectivity index (χ2v) is 6.87. The van der Waals surface area contributed by atoms with Gasteiger partial charge in [0.05, 0.1) is 35.9 Å². The lowest BCUT2D eigenvalue weighted by molar-refractivity contribution is -0.383. The molecule has 160 valence electrons. The summed E-state index contributed by atoms with van der Waals surface area (Å²) in [4.78, 5) is 28.7. The molecule has 0 saturated carbocycles. The summed E-state index contributed by atoms with van der Waals surface area (Å²) in [6, 6.07) is 20.2. The van der Waals surface area contributed by atoms with Crippen molar-refractivity contribution in [1.29, 1.82) is 0 Å². The molecule has 0 spiro atoms. The molecule has 8 heteroatoms. The van der Waals surface area contributed by atoms with Crippen LogP contribution in [0.1, 0.15) is 10.4 Å². The molecule has 0 fully saturated rings. The van der Waals surface area contributed by atoms with Gasteiger partial charge in [0.1, 0.15) is 17.2 Å². The van der Waals surface area contributed by atoms with Gasteiger partial charge in [-0.05, 0) is 30.3 Å². The zero-order valence-corrected chi connectivity index (χ0v) is 17.4. The maximum atomic E-state index is 13.2. The lowest BCUT2D eigenvalue weighted by atomic mass is 10.0. The third-order valence-electron chi connectivity index (χ3n) is 4.99. The number of nitrogens with zero attached hydrogens (tertiary/aromatic N) is 2. The Labute approximate surface area is 183 Å². The Balaban J connectivity index is 1.84. The number of aromatic nitrogens is 1. The van der Waals surface area contributed by atoms with Gasteiger partial charge in [0.25, 0.3) is 11.6 Å². The van der Waals surface area contributed by atoms with Crippen LogP contribution in [0, 0.1) is 10.1 Å². The summed E-state index contributed by atoms with van der Waals surface area (Å²) < 4.78 is 10.8. The molecule has 1 aromatic heterocycles. The van der Waals surface area contributed by atoms with Gasteiger partial charge >= 0.3 is 0 Å². The number of nitro groups is 1. The van der Waals surface area contributed by atoms with Crippen molar-refractivity contribution >= 4 is 28.2 Å². The fourth-order valence-electron chi connectivity index (χ4n) is 3.44. The van der Waals surface area contributed by atoms with Crippen molar-refractivity contribution in [3.63, 3.8) is 0 Å². The summed E-state index contributed by atoms with van der Waals surface area (Å²) in [6.45, 7) is 0. The first-order valence-electron chi connectivity index (χ1n) is 9.68. The molecule has 4 aromatic rings. The number of nitrogens with one attached hydrogen (secondary N) is 1. The SMILES string of the molecule is COc1ccc(-c2cc(C(=O)Nc3ccccc3[N+](=O)[O-])c3ccccc3n2)c(OC)c1. The molecule has 0 unspecified atom stereocenters. The monoisotopic (exact) mass is 429 g/mol. The van der Waals surface area contributed by atoms with Crippen molar-refractivity contribution < 1.29 is 19.2 Å². The van der Waals surface area contributed by atoms with Crippen molar-refractivity contribution in [2.45, 2.75) is 0 Å². The van der Waals surface area contributed by atoms with Crippen LogP contribution in [-0.2, 0) is 0 Å². The van der Waals surface area contributed by atoms with E-state index in [1.807, 2.05) is 6.07 Å². The summed E-state index contributed by atoms with van der Waals surface area (Å²) in [5, 5.41) is 14.6. The summed E-state index contributed by atoms with van der Waals surface area (Å²) in [5.41, 5.74) is 2.08. The molecule has 0 aliphatic carbocycles. The number of carbonyl (C=O) groups excluding carboxylic acids is 1. The minimum Gasteiger partial charge on any atom is -0.497 e. The van der Waals surface area contributed by atoms with Gasteiger partial charge < -0.3 is 14.8 Å². The minimum absolute atomic E-state index is 0.118.